The summed E-state index contributed by atoms with van der Waals surface area (Å²) in [6.07, 6.45) is 0.209. The molecule has 1 aromatic heterocycles. The molecule has 2 amide bonds. The fourth-order valence-corrected chi connectivity index (χ4v) is 4.34. The summed E-state index contributed by atoms with van der Waals surface area (Å²) in [5, 5.41) is 5.82. The standard InChI is InChI=1S/C19H22BrN3O2S/c1-19(2,3)18-22-12(11-26-18)10-15(24)23-9-8-21-17(25)16(23)13-6-4-5-7-14(13)20/h4-7,11,16H,8-10H2,1-3H3,(H,21,25). The number of carbonyl (C=O) groups is 2. The average Bonchev–Trinajstić information content (AvgIpc) is 3.04. The van der Waals surface area contributed by atoms with Gasteiger partial charge in [-0.3, -0.25) is 9.59 Å². The molecule has 5 nitrogen and oxygen atoms in total. The van der Waals surface area contributed by atoms with Crippen molar-refractivity contribution in [3.8, 4) is 0 Å². The molecular formula is C19H22BrN3O2S. The van der Waals surface area contributed by atoms with Crippen LogP contribution in [0.5, 0.6) is 0 Å². The third-order valence-corrected chi connectivity index (χ3v) is 6.30. The predicted octanol–water partition coefficient (Wildman–Crippen LogP) is 3.45. The maximum atomic E-state index is 13.0. The third kappa shape index (κ3) is 3.99. The number of amides is 2. The number of halogens is 1. The minimum Gasteiger partial charge on any atom is -0.352 e. The van der Waals surface area contributed by atoms with E-state index in [0.29, 0.717) is 13.1 Å². The maximum absolute atomic E-state index is 13.0. The predicted molar refractivity (Wildman–Crippen MR) is 106 cm³/mol. The number of carbonyl (C=O) groups excluding carboxylic acids is 2. The van der Waals surface area contributed by atoms with Gasteiger partial charge in [-0.05, 0) is 11.6 Å². The Kier molecular flexibility index (Phi) is 5.48. The second kappa shape index (κ2) is 7.48. The van der Waals surface area contributed by atoms with Gasteiger partial charge in [-0.25, -0.2) is 4.98 Å². The van der Waals surface area contributed by atoms with Gasteiger partial charge in [-0.15, -0.1) is 11.3 Å². The number of nitrogens with one attached hydrogen (secondary N) is 1. The zero-order valence-electron chi connectivity index (χ0n) is 15.1. The molecule has 1 aromatic carbocycles. The Bertz CT molecular complexity index is 828. The molecule has 26 heavy (non-hydrogen) atoms. The van der Waals surface area contributed by atoms with Crippen molar-refractivity contribution in [3.05, 3.63) is 50.4 Å². The van der Waals surface area contributed by atoms with E-state index < -0.39 is 6.04 Å². The summed E-state index contributed by atoms with van der Waals surface area (Å²) in [5.41, 5.74) is 1.53. The highest BCUT2D eigenvalue weighted by molar-refractivity contribution is 9.10. The Labute approximate surface area is 165 Å². The van der Waals surface area contributed by atoms with Gasteiger partial charge in [0.25, 0.3) is 0 Å². The van der Waals surface area contributed by atoms with Crippen LogP contribution in [0.15, 0.2) is 34.1 Å². The summed E-state index contributed by atoms with van der Waals surface area (Å²) in [4.78, 5) is 31.7. The van der Waals surface area contributed by atoms with Crippen molar-refractivity contribution < 1.29 is 9.59 Å². The van der Waals surface area contributed by atoms with Crippen LogP contribution >= 0.6 is 27.3 Å². The van der Waals surface area contributed by atoms with E-state index >= 15 is 0 Å². The summed E-state index contributed by atoms with van der Waals surface area (Å²) in [6.45, 7) is 7.28. The molecule has 2 aromatic rings. The molecule has 1 saturated heterocycles. The highest BCUT2D eigenvalue weighted by Crippen LogP contribution is 2.30. The second-order valence-corrected chi connectivity index (χ2v) is 9.09. The van der Waals surface area contributed by atoms with Crippen molar-refractivity contribution in [2.75, 3.05) is 13.1 Å². The van der Waals surface area contributed by atoms with E-state index in [1.165, 1.54) is 0 Å². The number of hydrogen-bond donors (Lipinski definition) is 1. The number of rotatable bonds is 3. The Morgan fingerprint density at radius 1 is 1.38 bits per heavy atom. The van der Waals surface area contributed by atoms with Gasteiger partial charge in [0.05, 0.1) is 17.1 Å². The minimum atomic E-state index is -0.618. The summed E-state index contributed by atoms with van der Waals surface area (Å²) in [7, 11) is 0. The van der Waals surface area contributed by atoms with Crippen molar-refractivity contribution in [1.29, 1.82) is 0 Å². The van der Waals surface area contributed by atoms with Gasteiger partial charge in [0, 0.05) is 28.4 Å². The first-order valence-electron chi connectivity index (χ1n) is 8.54. The molecule has 1 unspecified atom stereocenters. The Balaban J connectivity index is 1.83. The highest BCUT2D eigenvalue weighted by atomic mass is 79.9. The lowest BCUT2D eigenvalue weighted by Gasteiger charge is -2.35. The molecule has 2 heterocycles. The molecule has 7 heteroatoms. The zero-order chi connectivity index (χ0) is 18.9. The number of thiazole rings is 1. The second-order valence-electron chi connectivity index (χ2n) is 7.37. The number of benzene rings is 1. The lowest BCUT2D eigenvalue weighted by molar-refractivity contribution is -0.143. The molecule has 0 aliphatic carbocycles. The number of nitrogens with zero attached hydrogens (tertiary/aromatic N) is 2. The fraction of sp³-hybridized carbons (Fsp3) is 0.421. The highest BCUT2D eigenvalue weighted by Gasteiger charge is 2.35. The van der Waals surface area contributed by atoms with Gasteiger partial charge in [-0.1, -0.05) is 54.9 Å². The Morgan fingerprint density at radius 2 is 2.12 bits per heavy atom. The molecular weight excluding hydrogens is 414 g/mol. The molecule has 1 fully saturated rings. The number of aromatic nitrogens is 1. The summed E-state index contributed by atoms with van der Waals surface area (Å²) >= 11 is 5.08. The van der Waals surface area contributed by atoms with Crippen molar-refractivity contribution in [2.24, 2.45) is 0 Å². The third-order valence-electron chi connectivity index (χ3n) is 4.26. The van der Waals surface area contributed by atoms with E-state index in [-0.39, 0.29) is 23.7 Å². The van der Waals surface area contributed by atoms with Crippen molar-refractivity contribution >= 4 is 39.1 Å². The van der Waals surface area contributed by atoms with Crippen molar-refractivity contribution in [3.63, 3.8) is 0 Å². The lowest BCUT2D eigenvalue weighted by atomic mass is 9.98. The average molecular weight is 436 g/mol. The van der Waals surface area contributed by atoms with Crippen LogP contribution in [-0.4, -0.2) is 34.8 Å². The topological polar surface area (TPSA) is 62.3 Å². The van der Waals surface area contributed by atoms with Gasteiger partial charge < -0.3 is 10.2 Å². The van der Waals surface area contributed by atoms with E-state index in [1.807, 2.05) is 29.6 Å². The van der Waals surface area contributed by atoms with Gasteiger partial charge >= 0.3 is 0 Å². The van der Waals surface area contributed by atoms with Crippen LogP contribution in [0, 0.1) is 0 Å². The summed E-state index contributed by atoms with van der Waals surface area (Å²) in [6, 6.07) is 6.91. The van der Waals surface area contributed by atoms with E-state index in [0.717, 1.165) is 20.7 Å². The largest absolute Gasteiger partial charge is 0.352 e. The quantitative estimate of drug-likeness (QED) is 0.802. The van der Waals surface area contributed by atoms with Gasteiger partial charge in [0.15, 0.2) is 0 Å². The Hall–Kier alpha value is -1.73. The number of piperazine rings is 1. The molecule has 1 atom stereocenters. The van der Waals surface area contributed by atoms with Crippen LogP contribution in [0.3, 0.4) is 0 Å². The van der Waals surface area contributed by atoms with Crippen LogP contribution in [0.25, 0.3) is 0 Å². The smallest absolute Gasteiger partial charge is 0.247 e. The molecule has 3 rings (SSSR count). The van der Waals surface area contributed by atoms with Crippen molar-refractivity contribution in [2.45, 2.75) is 38.6 Å². The minimum absolute atomic E-state index is 0.0333. The monoisotopic (exact) mass is 435 g/mol. The van der Waals surface area contributed by atoms with E-state index in [9.17, 15) is 9.59 Å². The summed E-state index contributed by atoms with van der Waals surface area (Å²) in [5.74, 6) is -0.225. The SMILES string of the molecule is CC(C)(C)c1nc(CC(=O)N2CCNC(=O)C2c2ccccc2Br)cs1. The Morgan fingerprint density at radius 3 is 2.77 bits per heavy atom. The molecule has 1 N–H and O–H groups in total. The first-order valence-corrected chi connectivity index (χ1v) is 10.2. The van der Waals surface area contributed by atoms with Gasteiger partial charge in [0.2, 0.25) is 11.8 Å². The first kappa shape index (κ1) is 19.0. The van der Waals surface area contributed by atoms with Crippen LogP contribution in [0.2, 0.25) is 0 Å². The van der Waals surface area contributed by atoms with Crippen molar-refractivity contribution in [1.82, 2.24) is 15.2 Å². The van der Waals surface area contributed by atoms with Crippen LogP contribution in [-0.2, 0) is 21.4 Å². The van der Waals surface area contributed by atoms with E-state index in [4.69, 9.17) is 0 Å². The molecule has 138 valence electrons. The molecule has 1 aliphatic rings. The molecule has 0 bridgehead atoms. The van der Waals surface area contributed by atoms with Gasteiger partial charge in [-0.2, -0.15) is 0 Å². The van der Waals surface area contributed by atoms with Crippen LogP contribution in [0.4, 0.5) is 0 Å². The summed E-state index contributed by atoms with van der Waals surface area (Å²) < 4.78 is 0.823. The normalized spacial score (nSPS) is 17.9. The van der Waals surface area contributed by atoms with E-state index in [1.54, 1.807) is 16.2 Å². The zero-order valence-corrected chi connectivity index (χ0v) is 17.5. The fourth-order valence-electron chi connectivity index (χ4n) is 2.93. The molecule has 0 saturated carbocycles. The maximum Gasteiger partial charge on any atom is 0.247 e. The van der Waals surface area contributed by atoms with Crippen LogP contribution in [0.1, 0.15) is 43.1 Å². The van der Waals surface area contributed by atoms with Gasteiger partial charge in [0.1, 0.15) is 6.04 Å². The molecule has 0 spiro atoms. The first-order chi connectivity index (χ1) is 12.3. The molecule has 1 aliphatic heterocycles. The van der Waals surface area contributed by atoms with E-state index in [2.05, 4.69) is 47.0 Å². The van der Waals surface area contributed by atoms with Crippen LogP contribution < -0.4 is 5.32 Å². The lowest BCUT2D eigenvalue weighted by Crippen LogP contribution is -2.52. The molecule has 0 radical (unpaired) electrons. The number of hydrogen-bond acceptors (Lipinski definition) is 4.